The summed E-state index contributed by atoms with van der Waals surface area (Å²) in [6.07, 6.45) is 0.911. The van der Waals surface area contributed by atoms with Gasteiger partial charge in [0.25, 0.3) is 5.69 Å². The van der Waals surface area contributed by atoms with Crippen molar-refractivity contribution in [2.75, 3.05) is 7.05 Å². The molecular weight excluding hydrogens is 303 g/mol. The topological polar surface area (TPSA) is 46.1 Å². The van der Waals surface area contributed by atoms with Crippen LogP contribution < -0.4 is 0 Å². The highest BCUT2D eigenvalue weighted by atomic mass is 19.5. The van der Waals surface area contributed by atoms with Gasteiger partial charge in [-0.25, -0.2) is 4.58 Å². The van der Waals surface area contributed by atoms with Gasteiger partial charge in [0.15, 0.2) is 11.3 Å². The van der Waals surface area contributed by atoms with Gasteiger partial charge in [-0.3, -0.25) is 10.1 Å². The van der Waals surface area contributed by atoms with Gasteiger partial charge in [0.2, 0.25) is 0 Å². The molecule has 0 aromatic heterocycles. The molecule has 1 aliphatic rings. The number of hydrogen-bond acceptors (Lipinski definition) is 2. The average molecular weight is 320 g/mol. The zero-order valence-electron chi connectivity index (χ0n) is 12.7. The van der Waals surface area contributed by atoms with Crippen LogP contribution in [-0.2, 0) is 6.42 Å². The molecule has 1 aromatic carbocycles. The Hall–Kier alpha value is -1.93. The monoisotopic (exact) mass is 320 g/mol. The maximum absolute atomic E-state index is 10.8. The lowest BCUT2D eigenvalue weighted by molar-refractivity contribution is -0.576. The zero-order valence-corrected chi connectivity index (χ0v) is 12.7. The minimum absolute atomic E-state index is 0.0627. The Morgan fingerprint density at radius 3 is 2.23 bits per heavy atom. The van der Waals surface area contributed by atoms with Crippen LogP contribution in [0.4, 0.5) is 23.0 Å². The lowest BCUT2D eigenvalue weighted by Crippen LogP contribution is -2.43. The zero-order chi connectivity index (χ0) is 17.3. The third-order valence-corrected chi connectivity index (χ3v) is 3.73. The van der Waals surface area contributed by atoms with E-state index in [9.17, 15) is 27.4 Å². The number of fused-ring (bicyclic) bond motifs is 1. The number of likely N-dealkylation sites (N-methyl/N-ethyl adjacent to an activating group) is 1. The van der Waals surface area contributed by atoms with Crippen LogP contribution in [0.5, 0.6) is 0 Å². The molecule has 9 heteroatoms. The molecule has 0 aliphatic carbocycles. The lowest BCUT2D eigenvalue weighted by atomic mass is 9.86. The highest BCUT2D eigenvalue weighted by Crippen LogP contribution is 2.28. The number of nitro benzene ring substituents is 1. The number of non-ortho nitro benzene ring substituents is 1. The summed E-state index contributed by atoms with van der Waals surface area (Å²) in [5, 5.41) is 10.8. The van der Waals surface area contributed by atoms with Crippen LogP contribution in [0.25, 0.3) is 0 Å². The quantitative estimate of drug-likeness (QED) is 0.260. The van der Waals surface area contributed by atoms with E-state index in [1.165, 1.54) is 5.56 Å². The van der Waals surface area contributed by atoms with E-state index in [-0.39, 0.29) is 16.1 Å². The van der Waals surface area contributed by atoms with E-state index in [1.54, 1.807) is 12.1 Å². The van der Waals surface area contributed by atoms with Gasteiger partial charge >= 0.3 is 7.25 Å². The molecule has 122 valence electrons. The van der Waals surface area contributed by atoms with Crippen molar-refractivity contribution in [2.24, 2.45) is 0 Å². The summed E-state index contributed by atoms with van der Waals surface area (Å²) in [5.74, 6) is 0. The predicted octanol–water partition coefficient (Wildman–Crippen LogP) is 3.68. The molecule has 22 heavy (non-hydrogen) atoms. The van der Waals surface area contributed by atoms with Gasteiger partial charge in [-0.05, 0) is 5.56 Å². The summed E-state index contributed by atoms with van der Waals surface area (Å²) >= 11 is 0. The van der Waals surface area contributed by atoms with Crippen LogP contribution in [0.15, 0.2) is 18.2 Å². The second-order valence-electron chi connectivity index (χ2n) is 5.73. The van der Waals surface area contributed by atoms with Crippen molar-refractivity contribution in [1.82, 2.24) is 0 Å². The second kappa shape index (κ2) is 6.06. The Labute approximate surface area is 125 Å². The van der Waals surface area contributed by atoms with Gasteiger partial charge in [-0.2, -0.15) is 0 Å². The molecule has 0 spiro atoms. The van der Waals surface area contributed by atoms with Gasteiger partial charge in [-0.15, -0.1) is 0 Å². The molecule has 2 rings (SSSR count). The lowest BCUT2D eigenvalue weighted by Gasteiger charge is -2.28. The van der Waals surface area contributed by atoms with Crippen molar-refractivity contribution in [3.8, 4) is 0 Å². The van der Waals surface area contributed by atoms with E-state index < -0.39 is 7.25 Å². The van der Waals surface area contributed by atoms with E-state index in [4.69, 9.17) is 0 Å². The first kappa shape index (κ1) is 18.1. The van der Waals surface area contributed by atoms with Crippen LogP contribution >= 0.6 is 0 Å². The van der Waals surface area contributed by atoms with E-state index in [2.05, 4.69) is 18.4 Å². The smallest absolute Gasteiger partial charge is 0.418 e. The number of halogens is 4. The molecule has 4 nitrogen and oxygen atoms in total. The molecule has 0 amide bonds. The predicted molar refractivity (Wildman–Crippen MR) is 77.0 cm³/mol. The third-order valence-electron chi connectivity index (χ3n) is 3.73. The highest BCUT2D eigenvalue weighted by molar-refractivity contribution is 6.50. The minimum atomic E-state index is -6.00. The van der Waals surface area contributed by atoms with Crippen LogP contribution in [0.3, 0.4) is 0 Å². The normalized spacial score (nSPS) is 16.5. The fourth-order valence-electron chi connectivity index (χ4n) is 2.39. The number of nitrogens with zero attached hydrogens (tertiary/aromatic N) is 2. The summed E-state index contributed by atoms with van der Waals surface area (Å²) in [5.41, 5.74) is 3.51. The van der Waals surface area contributed by atoms with Crippen molar-refractivity contribution in [1.29, 1.82) is 0 Å². The molecule has 0 saturated carbocycles. The Bertz CT molecular complexity index is 621. The van der Waals surface area contributed by atoms with Crippen molar-refractivity contribution >= 4 is 18.7 Å². The maximum Gasteiger partial charge on any atom is 0.673 e. The van der Waals surface area contributed by atoms with Crippen LogP contribution in [-0.4, -0.2) is 35.1 Å². The van der Waals surface area contributed by atoms with Gasteiger partial charge < -0.3 is 17.3 Å². The molecule has 0 unspecified atom stereocenters. The van der Waals surface area contributed by atoms with Crippen molar-refractivity contribution < 1.29 is 26.8 Å². The third kappa shape index (κ3) is 4.54. The summed E-state index contributed by atoms with van der Waals surface area (Å²) in [4.78, 5) is 10.4. The van der Waals surface area contributed by atoms with Gasteiger partial charge in [0, 0.05) is 39.3 Å². The number of hydrogen-bond donors (Lipinski definition) is 0. The summed E-state index contributed by atoms with van der Waals surface area (Å²) in [7, 11) is -3.96. The fraction of sp³-hybridized carbons (Fsp3) is 0.462. The standard InChI is InChI=1S/C13H17N2O2.BF4/c1-9-12-7-11(15(16)17)6-5-10(12)8-13(2,3)14(9)4;2-1(3,4)5/h5-7H,8H2,1-4H3;/q+1;-1. The second-order valence-corrected chi connectivity index (χ2v) is 5.73. The number of nitro groups is 1. The molecular formula is C13H17BF4N2O2. The average Bonchev–Trinajstić information content (AvgIpc) is 2.33. The number of benzene rings is 1. The Morgan fingerprint density at radius 1 is 1.27 bits per heavy atom. The van der Waals surface area contributed by atoms with E-state index in [0.29, 0.717) is 0 Å². The van der Waals surface area contributed by atoms with Crippen molar-refractivity contribution in [3.05, 3.63) is 39.4 Å². The SMILES string of the molecule is CC1=[N+](C)C(C)(C)Cc2ccc([N+](=O)[O-])cc21.F[B-](F)(F)F. The molecule has 0 radical (unpaired) electrons. The molecule has 1 aromatic rings. The first-order chi connectivity index (χ1) is 9.83. The van der Waals surface area contributed by atoms with E-state index in [0.717, 1.165) is 17.7 Å². The Morgan fingerprint density at radius 2 is 1.77 bits per heavy atom. The summed E-state index contributed by atoms with van der Waals surface area (Å²) < 4.78 is 41.2. The molecule has 0 fully saturated rings. The first-order valence-corrected chi connectivity index (χ1v) is 6.55. The first-order valence-electron chi connectivity index (χ1n) is 6.55. The van der Waals surface area contributed by atoms with Gasteiger partial charge in [0.05, 0.1) is 10.5 Å². The fourth-order valence-corrected chi connectivity index (χ4v) is 2.39. The summed E-state index contributed by atoms with van der Waals surface area (Å²) in [6.45, 7) is 6.38. The van der Waals surface area contributed by atoms with Crippen molar-refractivity contribution in [2.45, 2.75) is 32.7 Å². The van der Waals surface area contributed by atoms with Gasteiger partial charge in [-0.1, -0.05) is 6.07 Å². The molecule has 0 N–H and O–H groups in total. The molecule has 0 saturated heterocycles. The van der Waals surface area contributed by atoms with Crippen molar-refractivity contribution in [3.63, 3.8) is 0 Å². The highest BCUT2D eigenvalue weighted by Gasteiger charge is 2.36. The van der Waals surface area contributed by atoms with Gasteiger partial charge in [0.1, 0.15) is 7.05 Å². The molecule has 0 atom stereocenters. The largest absolute Gasteiger partial charge is 0.673 e. The molecule has 1 aliphatic heterocycles. The Kier molecular flexibility index (Phi) is 4.99. The number of rotatable bonds is 1. The molecule has 0 bridgehead atoms. The van der Waals surface area contributed by atoms with Crippen LogP contribution in [0.1, 0.15) is 31.9 Å². The van der Waals surface area contributed by atoms with Crippen LogP contribution in [0, 0.1) is 10.1 Å². The Balaban J connectivity index is 0.000000422. The van der Waals surface area contributed by atoms with E-state index >= 15 is 0 Å². The van der Waals surface area contributed by atoms with Crippen LogP contribution in [0.2, 0.25) is 0 Å². The maximum atomic E-state index is 10.8. The van der Waals surface area contributed by atoms with E-state index in [1.807, 2.05) is 20.0 Å². The summed E-state index contributed by atoms with van der Waals surface area (Å²) in [6, 6.07) is 5.15. The molecule has 1 heterocycles. The minimum Gasteiger partial charge on any atom is -0.418 e.